The largest absolute Gasteiger partial charge is 0.481 e. The summed E-state index contributed by atoms with van der Waals surface area (Å²) in [7, 11) is 0. The van der Waals surface area contributed by atoms with Gasteiger partial charge in [-0.05, 0) is 25.7 Å². The van der Waals surface area contributed by atoms with E-state index in [2.05, 4.69) is 0 Å². The van der Waals surface area contributed by atoms with Crippen LogP contribution in [0.3, 0.4) is 0 Å². The summed E-state index contributed by atoms with van der Waals surface area (Å²) < 4.78 is 10.7. The number of ether oxygens (including phenoxy) is 2. The summed E-state index contributed by atoms with van der Waals surface area (Å²) in [6.45, 7) is -0.148. The summed E-state index contributed by atoms with van der Waals surface area (Å²) in [4.78, 5) is 22.3. The zero-order chi connectivity index (χ0) is 23.1. The molecular formula is C22H40O9. The predicted octanol–water partition coefficient (Wildman–Crippen LogP) is 1.53. The third kappa shape index (κ3) is 11.9. The molecule has 1 rings (SSSR count). The van der Waals surface area contributed by atoms with Crippen LogP contribution in [0.5, 0.6) is 0 Å². The fraction of sp³-hybridized carbons (Fsp3) is 0.909. The highest BCUT2D eigenvalue weighted by atomic mass is 16.7. The molecule has 0 unspecified atom stereocenters. The second-order valence-corrected chi connectivity index (χ2v) is 8.29. The summed E-state index contributed by atoms with van der Waals surface area (Å²) in [5, 5.41) is 47.0. The maximum absolute atomic E-state index is 11.9. The number of aliphatic hydroxyl groups is 4. The van der Waals surface area contributed by atoms with E-state index in [1.54, 1.807) is 0 Å². The van der Waals surface area contributed by atoms with Crippen molar-refractivity contribution in [3.05, 3.63) is 0 Å². The quantitative estimate of drug-likeness (QED) is 0.196. The number of hydrogen-bond acceptors (Lipinski definition) is 8. The lowest BCUT2D eigenvalue weighted by Crippen LogP contribution is -2.59. The van der Waals surface area contributed by atoms with Gasteiger partial charge >= 0.3 is 5.97 Å². The van der Waals surface area contributed by atoms with Crippen LogP contribution in [0.15, 0.2) is 0 Å². The van der Waals surface area contributed by atoms with E-state index in [9.17, 15) is 24.9 Å². The number of aliphatic carboxylic acids is 1. The second kappa shape index (κ2) is 16.5. The molecule has 0 aromatic carbocycles. The molecule has 31 heavy (non-hydrogen) atoms. The van der Waals surface area contributed by atoms with Crippen molar-refractivity contribution in [2.45, 2.75) is 114 Å². The van der Waals surface area contributed by atoms with Gasteiger partial charge in [0.1, 0.15) is 30.2 Å². The van der Waals surface area contributed by atoms with Crippen LogP contribution in [0.25, 0.3) is 0 Å². The Balaban J connectivity index is 1.95. The Morgan fingerprint density at radius 1 is 0.710 bits per heavy atom. The number of Topliss-reactive ketones (excluding diaryl/α,β-unsaturated/α-hetero) is 1. The van der Waals surface area contributed by atoms with Gasteiger partial charge in [0.25, 0.3) is 0 Å². The van der Waals surface area contributed by atoms with Gasteiger partial charge in [-0.25, -0.2) is 0 Å². The van der Waals surface area contributed by atoms with Crippen molar-refractivity contribution in [3.63, 3.8) is 0 Å². The molecular weight excluding hydrogens is 408 g/mol. The van der Waals surface area contributed by atoms with Gasteiger partial charge in [0, 0.05) is 25.9 Å². The maximum atomic E-state index is 11.9. The van der Waals surface area contributed by atoms with Gasteiger partial charge in [0.05, 0.1) is 6.61 Å². The van der Waals surface area contributed by atoms with E-state index < -0.39 is 43.3 Å². The van der Waals surface area contributed by atoms with E-state index in [4.69, 9.17) is 19.7 Å². The Morgan fingerprint density at radius 3 is 1.77 bits per heavy atom. The van der Waals surface area contributed by atoms with E-state index in [0.717, 1.165) is 57.8 Å². The minimum atomic E-state index is -1.43. The molecule has 5 atom stereocenters. The van der Waals surface area contributed by atoms with Crippen molar-refractivity contribution in [2.24, 2.45) is 0 Å². The number of ketones is 1. The van der Waals surface area contributed by atoms with E-state index in [-0.39, 0.29) is 12.2 Å². The van der Waals surface area contributed by atoms with E-state index in [1.807, 2.05) is 0 Å². The normalized spacial score (nSPS) is 26.1. The SMILES string of the molecule is O=C(O)CCCCCCCC(=O)CCCCCCCO[C@@H]1O[C@H](CO)[C@@H](O)[C@H](O)[C@@H]1O. The lowest BCUT2D eigenvalue weighted by molar-refractivity contribution is -0.301. The van der Waals surface area contributed by atoms with E-state index in [0.29, 0.717) is 25.9 Å². The average Bonchev–Trinajstić information content (AvgIpc) is 2.74. The third-order valence-electron chi connectivity index (χ3n) is 5.58. The van der Waals surface area contributed by atoms with Crippen LogP contribution in [-0.2, 0) is 19.1 Å². The summed E-state index contributed by atoms with van der Waals surface area (Å²) >= 11 is 0. The minimum absolute atomic E-state index is 0.221. The molecule has 0 spiro atoms. The smallest absolute Gasteiger partial charge is 0.303 e. The molecule has 0 aromatic heterocycles. The zero-order valence-electron chi connectivity index (χ0n) is 18.4. The predicted molar refractivity (Wildman–Crippen MR) is 112 cm³/mol. The van der Waals surface area contributed by atoms with Crippen LogP contribution in [0.1, 0.15) is 83.5 Å². The Kier molecular flexibility index (Phi) is 14.9. The first kappa shape index (κ1) is 27.9. The number of unbranched alkanes of at least 4 members (excludes halogenated alkanes) is 8. The number of carboxylic acid groups (broad SMARTS) is 1. The lowest BCUT2D eigenvalue weighted by Gasteiger charge is -2.39. The van der Waals surface area contributed by atoms with Crippen LogP contribution >= 0.6 is 0 Å². The van der Waals surface area contributed by atoms with Gasteiger partial charge in [-0.3, -0.25) is 9.59 Å². The molecule has 0 aromatic rings. The van der Waals surface area contributed by atoms with E-state index in [1.165, 1.54) is 0 Å². The maximum Gasteiger partial charge on any atom is 0.303 e. The Labute approximate surface area is 184 Å². The van der Waals surface area contributed by atoms with Gasteiger partial charge in [-0.1, -0.05) is 38.5 Å². The lowest BCUT2D eigenvalue weighted by atomic mass is 9.99. The van der Waals surface area contributed by atoms with E-state index >= 15 is 0 Å². The molecule has 9 heteroatoms. The molecule has 1 heterocycles. The number of carboxylic acids is 1. The van der Waals surface area contributed by atoms with Gasteiger partial charge < -0.3 is 35.0 Å². The van der Waals surface area contributed by atoms with Crippen LogP contribution in [0.4, 0.5) is 0 Å². The third-order valence-corrected chi connectivity index (χ3v) is 5.58. The molecule has 5 N–H and O–H groups in total. The number of rotatable bonds is 18. The Morgan fingerprint density at radius 2 is 1.23 bits per heavy atom. The molecule has 182 valence electrons. The van der Waals surface area contributed by atoms with Crippen molar-refractivity contribution in [3.8, 4) is 0 Å². The first-order chi connectivity index (χ1) is 14.9. The molecule has 1 fully saturated rings. The Hall–Kier alpha value is -1.10. The van der Waals surface area contributed by atoms with Gasteiger partial charge in [-0.15, -0.1) is 0 Å². The van der Waals surface area contributed by atoms with Crippen molar-refractivity contribution in [2.75, 3.05) is 13.2 Å². The van der Waals surface area contributed by atoms with Crippen molar-refractivity contribution < 1.29 is 44.6 Å². The minimum Gasteiger partial charge on any atom is -0.481 e. The summed E-state index contributed by atoms with van der Waals surface area (Å²) in [5.74, 6) is -0.465. The number of carbonyl (C=O) groups is 2. The molecule has 0 radical (unpaired) electrons. The monoisotopic (exact) mass is 448 g/mol. The molecule has 0 saturated carbocycles. The average molecular weight is 449 g/mol. The fourth-order valence-electron chi connectivity index (χ4n) is 3.61. The molecule has 1 saturated heterocycles. The van der Waals surface area contributed by atoms with Crippen LogP contribution in [0.2, 0.25) is 0 Å². The van der Waals surface area contributed by atoms with Crippen LogP contribution in [0, 0.1) is 0 Å². The first-order valence-electron chi connectivity index (χ1n) is 11.5. The number of hydrogen-bond donors (Lipinski definition) is 5. The standard InChI is InChI=1S/C22H40O9/c23-15-17-19(27)20(28)21(29)22(31-17)30-14-10-6-2-4-8-12-16(24)11-7-3-1-5-9-13-18(25)26/h17,19-23,27-29H,1-15H2,(H,25,26)/t17-,19-,20+,21+,22-/m1/s1. The van der Waals surface area contributed by atoms with Crippen LogP contribution < -0.4 is 0 Å². The molecule has 0 aliphatic carbocycles. The highest BCUT2D eigenvalue weighted by Gasteiger charge is 2.43. The molecule has 9 nitrogen and oxygen atoms in total. The summed E-state index contributed by atoms with van der Waals surface area (Å²) in [6.07, 6.45) is 4.08. The highest BCUT2D eigenvalue weighted by molar-refractivity contribution is 5.78. The zero-order valence-corrected chi connectivity index (χ0v) is 18.4. The van der Waals surface area contributed by atoms with Crippen molar-refractivity contribution in [1.82, 2.24) is 0 Å². The first-order valence-corrected chi connectivity index (χ1v) is 11.5. The fourth-order valence-corrected chi connectivity index (χ4v) is 3.61. The Bertz CT molecular complexity index is 497. The summed E-state index contributed by atoms with van der Waals surface area (Å²) in [5.41, 5.74) is 0. The number of carbonyl (C=O) groups excluding carboxylic acids is 1. The van der Waals surface area contributed by atoms with Crippen LogP contribution in [-0.4, -0.2) is 81.2 Å². The van der Waals surface area contributed by atoms with Crippen molar-refractivity contribution >= 4 is 11.8 Å². The summed E-state index contributed by atoms with van der Waals surface area (Å²) in [6, 6.07) is 0. The van der Waals surface area contributed by atoms with Gasteiger partial charge in [0.15, 0.2) is 6.29 Å². The van der Waals surface area contributed by atoms with Gasteiger partial charge in [-0.2, -0.15) is 0 Å². The van der Waals surface area contributed by atoms with Gasteiger partial charge in [0.2, 0.25) is 0 Å². The molecule has 0 amide bonds. The van der Waals surface area contributed by atoms with Crippen molar-refractivity contribution in [1.29, 1.82) is 0 Å². The molecule has 0 bridgehead atoms. The topological polar surface area (TPSA) is 154 Å². The number of aliphatic hydroxyl groups excluding tert-OH is 4. The molecule has 1 aliphatic rings. The highest BCUT2D eigenvalue weighted by Crippen LogP contribution is 2.22. The second-order valence-electron chi connectivity index (χ2n) is 8.29. The molecule has 1 aliphatic heterocycles.